The molecule has 1 aliphatic heterocycles. The first-order valence-corrected chi connectivity index (χ1v) is 8.95. The van der Waals surface area contributed by atoms with E-state index in [0.717, 1.165) is 45.1 Å². The van der Waals surface area contributed by atoms with Gasteiger partial charge in [-0.2, -0.15) is 0 Å². The Morgan fingerprint density at radius 3 is 2.24 bits per heavy atom. The van der Waals surface area contributed by atoms with Gasteiger partial charge in [-0.1, -0.05) is 26.2 Å². The smallest absolute Gasteiger partial charge is 0.227 e. The average molecular weight is 293 g/mol. The summed E-state index contributed by atoms with van der Waals surface area (Å²) >= 11 is 0. The SMILES string of the molecule is CC1CCCC(N)C1C(=O)N1CCN(C2CCCC2)CC1. The van der Waals surface area contributed by atoms with Crippen molar-refractivity contribution in [1.82, 2.24) is 9.80 Å². The number of carbonyl (C=O) groups is 1. The number of rotatable bonds is 2. The number of piperazine rings is 1. The molecular weight excluding hydrogens is 262 g/mol. The van der Waals surface area contributed by atoms with Crippen LogP contribution in [0, 0.1) is 11.8 Å². The second-order valence-corrected chi connectivity index (χ2v) is 7.40. The molecule has 1 amide bonds. The van der Waals surface area contributed by atoms with Crippen LogP contribution < -0.4 is 5.73 Å². The van der Waals surface area contributed by atoms with Crippen molar-refractivity contribution < 1.29 is 4.79 Å². The molecule has 0 aromatic rings. The molecule has 2 saturated carbocycles. The standard InChI is InChI=1S/C17H31N3O/c1-13-5-4-8-15(18)16(13)17(21)20-11-9-19(10-12-20)14-6-2-3-7-14/h13-16H,2-12,18H2,1H3. The number of hydrogen-bond acceptors (Lipinski definition) is 3. The normalized spacial score (nSPS) is 36.1. The minimum Gasteiger partial charge on any atom is -0.340 e. The maximum Gasteiger partial charge on any atom is 0.227 e. The molecule has 21 heavy (non-hydrogen) atoms. The monoisotopic (exact) mass is 293 g/mol. The third kappa shape index (κ3) is 3.26. The van der Waals surface area contributed by atoms with Gasteiger partial charge in [0.2, 0.25) is 5.91 Å². The van der Waals surface area contributed by atoms with Crippen molar-refractivity contribution in [3.63, 3.8) is 0 Å². The van der Waals surface area contributed by atoms with Gasteiger partial charge in [0.1, 0.15) is 0 Å². The van der Waals surface area contributed by atoms with Crippen molar-refractivity contribution in [1.29, 1.82) is 0 Å². The van der Waals surface area contributed by atoms with Crippen LogP contribution in [0.2, 0.25) is 0 Å². The van der Waals surface area contributed by atoms with E-state index in [9.17, 15) is 4.79 Å². The van der Waals surface area contributed by atoms with Crippen molar-refractivity contribution in [2.24, 2.45) is 17.6 Å². The lowest BCUT2D eigenvalue weighted by molar-refractivity contribution is -0.141. The summed E-state index contributed by atoms with van der Waals surface area (Å²) in [5.41, 5.74) is 6.25. The Morgan fingerprint density at radius 2 is 1.62 bits per heavy atom. The van der Waals surface area contributed by atoms with Crippen LogP contribution >= 0.6 is 0 Å². The molecule has 3 unspecified atom stereocenters. The minimum atomic E-state index is 0.0665. The Kier molecular flexibility index (Phi) is 4.85. The van der Waals surface area contributed by atoms with Gasteiger partial charge in [-0.3, -0.25) is 9.69 Å². The summed E-state index contributed by atoms with van der Waals surface area (Å²) in [4.78, 5) is 17.5. The van der Waals surface area contributed by atoms with Gasteiger partial charge in [-0.15, -0.1) is 0 Å². The Hall–Kier alpha value is -0.610. The number of amides is 1. The minimum absolute atomic E-state index is 0.0665. The van der Waals surface area contributed by atoms with Gasteiger partial charge in [0, 0.05) is 38.3 Å². The van der Waals surface area contributed by atoms with Gasteiger partial charge < -0.3 is 10.6 Å². The quantitative estimate of drug-likeness (QED) is 0.845. The Bertz CT molecular complexity index is 349. The first kappa shape index (κ1) is 15.3. The van der Waals surface area contributed by atoms with Crippen molar-refractivity contribution in [3.8, 4) is 0 Å². The zero-order chi connectivity index (χ0) is 14.8. The van der Waals surface area contributed by atoms with Crippen LogP contribution in [0.4, 0.5) is 0 Å². The highest BCUT2D eigenvalue weighted by Crippen LogP contribution is 2.31. The molecule has 0 radical (unpaired) electrons. The maximum absolute atomic E-state index is 12.8. The highest BCUT2D eigenvalue weighted by molar-refractivity contribution is 5.80. The number of carbonyl (C=O) groups excluding carboxylic acids is 1. The van der Waals surface area contributed by atoms with Crippen LogP contribution in [0.15, 0.2) is 0 Å². The lowest BCUT2D eigenvalue weighted by Crippen LogP contribution is -2.56. The second kappa shape index (κ2) is 6.66. The highest BCUT2D eigenvalue weighted by Gasteiger charge is 2.37. The molecule has 3 fully saturated rings. The molecule has 3 aliphatic rings. The lowest BCUT2D eigenvalue weighted by atomic mass is 9.76. The summed E-state index contributed by atoms with van der Waals surface area (Å²) in [5.74, 6) is 0.853. The van der Waals surface area contributed by atoms with Crippen molar-refractivity contribution >= 4 is 5.91 Å². The van der Waals surface area contributed by atoms with E-state index in [0.29, 0.717) is 11.8 Å². The Balaban J connectivity index is 1.54. The third-order valence-corrected chi connectivity index (χ3v) is 6.02. The van der Waals surface area contributed by atoms with Gasteiger partial charge in [0.15, 0.2) is 0 Å². The fourth-order valence-electron chi connectivity index (χ4n) is 4.67. The van der Waals surface area contributed by atoms with E-state index in [4.69, 9.17) is 5.73 Å². The molecule has 0 bridgehead atoms. The van der Waals surface area contributed by atoms with Crippen molar-refractivity contribution in [2.45, 2.75) is 64.0 Å². The molecule has 3 atom stereocenters. The van der Waals surface area contributed by atoms with Gasteiger partial charge in [-0.05, 0) is 31.6 Å². The summed E-state index contributed by atoms with van der Waals surface area (Å²) in [6.45, 7) is 6.15. The van der Waals surface area contributed by atoms with Crippen LogP contribution in [-0.4, -0.2) is 54.0 Å². The molecule has 2 N–H and O–H groups in total. The zero-order valence-electron chi connectivity index (χ0n) is 13.5. The molecule has 0 aromatic carbocycles. The second-order valence-electron chi connectivity index (χ2n) is 7.40. The summed E-state index contributed by atoms with van der Waals surface area (Å²) in [6, 6.07) is 0.868. The zero-order valence-corrected chi connectivity index (χ0v) is 13.5. The van der Waals surface area contributed by atoms with E-state index in [1.54, 1.807) is 0 Å². The summed E-state index contributed by atoms with van der Waals surface area (Å²) in [6.07, 6.45) is 8.85. The molecule has 3 rings (SSSR count). The lowest BCUT2D eigenvalue weighted by Gasteiger charge is -2.42. The molecule has 4 nitrogen and oxygen atoms in total. The van der Waals surface area contributed by atoms with Crippen LogP contribution in [0.1, 0.15) is 51.9 Å². The molecular formula is C17H31N3O. The van der Waals surface area contributed by atoms with Gasteiger partial charge >= 0.3 is 0 Å². The van der Waals surface area contributed by atoms with Crippen LogP contribution in [0.25, 0.3) is 0 Å². The molecule has 0 spiro atoms. The summed E-state index contributed by atoms with van der Waals surface area (Å²) in [7, 11) is 0. The fourth-order valence-corrected chi connectivity index (χ4v) is 4.67. The first-order valence-electron chi connectivity index (χ1n) is 8.95. The van der Waals surface area contributed by atoms with Crippen molar-refractivity contribution in [3.05, 3.63) is 0 Å². The van der Waals surface area contributed by atoms with E-state index < -0.39 is 0 Å². The molecule has 1 heterocycles. The molecule has 4 heteroatoms. The topological polar surface area (TPSA) is 49.6 Å². The predicted octanol–water partition coefficient (Wildman–Crippen LogP) is 1.84. The molecule has 1 saturated heterocycles. The molecule has 2 aliphatic carbocycles. The third-order valence-electron chi connectivity index (χ3n) is 6.02. The van der Waals surface area contributed by atoms with E-state index in [1.807, 2.05) is 0 Å². The van der Waals surface area contributed by atoms with E-state index in [-0.39, 0.29) is 12.0 Å². The van der Waals surface area contributed by atoms with Crippen LogP contribution in [0.5, 0.6) is 0 Å². The number of nitrogens with zero attached hydrogens (tertiary/aromatic N) is 2. The summed E-state index contributed by atoms with van der Waals surface area (Å²) < 4.78 is 0. The fraction of sp³-hybridized carbons (Fsp3) is 0.941. The molecule has 0 aromatic heterocycles. The van der Waals surface area contributed by atoms with Crippen LogP contribution in [0.3, 0.4) is 0 Å². The van der Waals surface area contributed by atoms with Crippen molar-refractivity contribution in [2.75, 3.05) is 26.2 Å². The molecule has 120 valence electrons. The van der Waals surface area contributed by atoms with E-state index in [1.165, 1.54) is 32.1 Å². The first-order chi connectivity index (χ1) is 10.2. The van der Waals surface area contributed by atoms with E-state index in [2.05, 4.69) is 16.7 Å². The average Bonchev–Trinajstić information content (AvgIpc) is 3.01. The Morgan fingerprint density at radius 1 is 0.952 bits per heavy atom. The highest BCUT2D eigenvalue weighted by atomic mass is 16.2. The number of nitrogens with two attached hydrogens (primary N) is 1. The van der Waals surface area contributed by atoms with Crippen LogP contribution in [-0.2, 0) is 4.79 Å². The maximum atomic E-state index is 12.8. The largest absolute Gasteiger partial charge is 0.340 e. The predicted molar refractivity (Wildman–Crippen MR) is 84.9 cm³/mol. The Labute approximate surface area is 129 Å². The van der Waals surface area contributed by atoms with E-state index >= 15 is 0 Å². The van der Waals surface area contributed by atoms with Gasteiger partial charge in [0.25, 0.3) is 0 Å². The summed E-state index contributed by atoms with van der Waals surface area (Å²) in [5, 5.41) is 0. The number of hydrogen-bond donors (Lipinski definition) is 1. The van der Waals surface area contributed by atoms with Gasteiger partial charge in [-0.25, -0.2) is 0 Å². The van der Waals surface area contributed by atoms with Gasteiger partial charge in [0.05, 0.1) is 5.92 Å².